The van der Waals surface area contributed by atoms with Gasteiger partial charge in [-0.15, -0.1) is 0 Å². The Balaban J connectivity index is 1.34. The van der Waals surface area contributed by atoms with Crippen LogP contribution in [0.1, 0.15) is 23.6 Å². The topological polar surface area (TPSA) is 54.0 Å². The number of hydrogen-bond acceptors (Lipinski definition) is 5. The number of nitrogens with one attached hydrogen (secondary N) is 1. The number of amides is 1. The first-order chi connectivity index (χ1) is 17.9. The Hall–Kier alpha value is -3.13. The zero-order valence-electron chi connectivity index (χ0n) is 21.2. The van der Waals surface area contributed by atoms with Crippen molar-refractivity contribution in [2.24, 2.45) is 0 Å². The predicted molar refractivity (Wildman–Crippen MR) is 153 cm³/mol. The van der Waals surface area contributed by atoms with E-state index in [4.69, 9.17) is 33.3 Å². The fourth-order valence-electron chi connectivity index (χ4n) is 4.23. The van der Waals surface area contributed by atoms with Gasteiger partial charge in [0.25, 0.3) is 5.91 Å². The number of nitrogens with zero attached hydrogens (tertiary/aromatic N) is 2. The van der Waals surface area contributed by atoms with Gasteiger partial charge in [-0.25, -0.2) is 0 Å². The molecule has 0 spiro atoms. The average molecular weight is 538 g/mol. The molecule has 1 aliphatic heterocycles. The van der Waals surface area contributed by atoms with Crippen LogP contribution in [0.5, 0.6) is 11.5 Å². The summed E-state index contributed by atoms with van der Waals surface area (Å²) >= 11 is 12.0. The summed E-state index contributed by atoms with van der Waals surface area (Å²) in [6, 6.07) is 21.6. The van der Waals surface area contributed by atoms with Crippen molar-refractivity contribution in [2.45, 2.75) is 20.4 Å². The first-order valence-electron chi connectivity index (χ1n) is 12.4. The van der Waals surface area contributed by atoms with Crippen LogP contribution >= 0.6 is 23.8 Å². The second-order valence-electron chi connectivity index (χ2n) is 8.90. The van der Waals surface area contributed by atoms with E-state index in [1.54, 1.807) is 12.1 Å². The molecule has 0 aliphatic carbocycles. The van der Waals surface area contributed by atoms with Gasteiger partial charge in [0, 0.05) is 49.0 Å². The van der Waals surface area contributed by atoms with Gasteiger partial charge in [0.1, 0.15) is 4.99 Å². The summed E-state index contributed by atoms with van der Waals surface area (Å²) in [5.74, 6) is 0.789. The van der Waals surface area contributed by atoms with Crippen molar-refractivity contribution < 1.29 is 14.3 Å². The van der Waals surface area contributed by atoms with Gasteiger partial charge in [0.2, 0.25) is 0 Å². The smallest absolute Gasteiger partial charge is 0.262 e. The minimum absolute atomic E-state index is 0.154. The van der Waals surface area contributed by atoms with E-state index in [1.807, 2.05) is 44.2 Å². The minimum atomic E-state index is -0.277. The van der Waals surface area contributed by atoms with Crippen LogP contribution < -0.4 is 14.8 Å². The van der Waals surface area contributed by atoms with Crippen molar-refractivity contribution in [3.05, 3.63) is 88.4 Å². The molecule has 0 bridgehead atoms. The summed E-state index contributed by atoms with van der Waals surface area (Å²) < 4.78 is 11.6. The van der Waals surface area contributed by atoms with E-state index in [9.17, 15) is 4.79 Å². The van der Waals surface area contributed by atoms with Crippen molar-refractivity contribution in [2.75, 3.05) is 44.7 Å². The Morgan fingerprint density at radius 1 is 0.973 bits per heavy atom. The summed E-state index contributed by atoms with van der Waals surface area (Å²) in [4.78, 5) is 18.0. The summed E-state index contributed by atoms with van der Waals surface area (Å²) in [5, 5.41) is 3.44. The quantitative estimate of drug-likeness (QED) is 0.361. The van der Waals surface area contributed by atoms with Crippen LogP contribution in [0, 0.1) is 6.92 Å². The van der Waals surface area contributed by atoms with Gasteiger partial charge in [-0.1, -0.05) is 60.2 Å². The van der Waals surface area contributed by atoms with Gasteiger partial charge < -0.3 is 19.7 Å². The lowest BCUT2D eigenvalue weighted by molar-refractivity contribution is -0.118. The maximum Gasteiger partial charge on any atom is 0.262 e. The number of anilines is 1. The zero-order valence-corrected chi connectivity index (χ0v) is 22.8. The van der Waals surface area contributed by atoms with Crippen molar-refractivity contribution >= 4 is 40.4 Å². The van der Waals surface area contributed by atoms with Crippen LogP contribution in [0.3, 0.4) is 0 Å². The second kappa shape index (κ2) is 12.9. The predicted octanol–water partition coefficient (Wildman–Crippen LogP) is 5.56. The third-order valence-electron chi connectivity index (χ3n) is 6.30. The van der Waals surface area contributed by atoms with Crippen LogP contribution in [0.4, 0.5) is 5.69 Å². The van der Waals surface area contributed by atoms with Crippen molar-refractivity contribution in [1.29, 1.82) is 0 Å². The summed E-state index contributed by atoms with van der Waals surface area (Å²) in [6.07, 6.45) is 0. The number of rotatable bonds is 9. The van der Waals surface area contributed by atoms with Crippen LogP contribution in [0.25, 0.3) is 0 Å². The lowest BCUT2D eigenvalue weighted by Gasteiger charge is -2.36. The van der Waals surface area contributed by atoms with Crippen molar-refractivity contribution in [3.8, 4) is 11.5 Å². The maximum atomic E-state index is 12.5. The molecule has 0 unspecified atom stereocenters. The summed E-state index contributed by atoms with van der Waals surface area (Å²) in [6.45, 7) is 8.69. The van der Waals surface area contributed by atoms with Crippen LogP contribution in [0.2, 0.25) is 5.02 Å². The zero-order chi connectivity index (χ0) is 26.2. The largest absolute Gasteiger partial charge is 0.490 e. The van der Waals surface area contributed by atoms with Gasteiger partial charge in [-0.3, -0.25) is 9.69 Å². The van der Waals surface area contributed by atoms with Crippen LogP contribution in [-0.4, -0.2) is 60.1 Å². The Kier molecular flexibility index (Phi) is 9.39. The third-order valence-corrected chi connectivity index (χ3v) is 7.20. The molecular formula is C29H32ClN3O3S. The molecule has 1 amide bonds. The first-order valence-corrected chi connectivity index (χ1v) is 13.2. The van der Waals surface area contributed by atoms with Crippen LogP contribution in [-0.2, 0) is 11.3 Å². The Morgan fingerprint density at radius 2 is 1.73 bits per heavy atom. The molecule has 6 nitrogen and oxygen atoms in total. The van der Waals surface area contributed by atoms with Gasteiger partial charge in [-0.05, 0) is 55.3 Å². The fourth-order valence-corrected chi connectivity index (χ4v) is 4.72. The molecule has 0 saturated carbocycles. The van der Waals surface area contributed by atoms with E-state index in [0.29, 0.717) is 28.8 Å². The molecule has 1 saturated heterocycles. The molecule has 1 aliphatic rings. The number of ether oxygens (including phenoxy) is 2. The molecule has 4 rings (SSSR count). The number of thiocarbonyl (C=S) groups is 1. The number of piperazine rings is 1. The number of carbonyl (C=O) groups is 1. The molecule has 3 aromatic rings. The van der Waals surface area contributed by atoms with E-state index < -0.39 is 0 Å². The lowest BCUT2D eigenvalue weighted by atomic mass is 10.1. The lowest BCUT2D eigenvalue weighted by Crippen LogP contribution is -2.48. The van der Waals surface area contributed by atoms with Crippen molar-refractivity contribution in [1.82, 2.24) is 9.80 Å². The Labute approximate surface area is 229 Å². The summed E-state index contributed by atoms with van der Waals surface area (Å²) in [5.41, 5.74) is 3.70. The third kappa shape index (κ3) is 7.22. The first kappa shape index (κ1) is 26.9. The number of hydrogen-bond donors (Lipinski definition) is 1. The van der Waals surface area contributed by atoms with E-state index in [0.717, 1.165) is 48.8 Å². The van der Waals surface area contributed by atoms with E-state index >= 15 is 0 Å². The highest BCUT2D eigenvalue weighted by atomic mass is 35.5. The molecular weight excluding hydrogens is 506 g/mol. The molecule has 1 heterocycles. The Morgan fingerprint density at radius 3 is 2.46 bits per heavy atom. The molecule has 1 fully saturated rings. The molecule has 3 aromatic carbocycles. The molecule has 0 radical (unpaired) electrons. The standard InChI is InChI=1S/C29H32ClN3O3S/c1-3-35-27-18-23(29(37)33-16-14-32(15-17-33)19-22-8-5-4-6-9-22)12-13-26(27)36-20-28(34)31-25-11-7-10-24(30)21(25)2/h4-13,18H,3,14-17,19-20H2,1-2H3,(H,31,34). The molecule has 8 heteroatoms. The monoisotopic (exact) mass is 537 g/mol. The normalized spacial score (nSPS) is 13.8. The van der Waals surface area contributed by atoms with E-state index in [-0.39, 0.29) is 12.5 Å². The Bertz CT molecular complexity index is 1230. The van der Waals surface area contributed by atoms with Crippen molar-refractivity contribution in [3.63, 3.8) is 0 Å². The SMILES string of the molecule is CCOc1cc(C(=S)N2CCN(Cc3ccccc3)CC2)ccc1OCC(=O)Nc1cccc(Cl)c1C. The number of carbonyl (C=O) groups excluding carboxylic acids is 1. The number of benzene rings is 3. The van der Waals surface area contributed by atoms with E-state index in [1.165, 1.54) is 5.56 Å². The molecule has 0 aromatic heterocycles. The molecule has 37 heavy (non-hydrogen) atoms. The highest BCUT2D eigenvalue weighted by molar-refractivity contribution is 7.80. The number of halogens is 1. The highest BCUT2D eigenvalue weighted by Crippen LogP contribution is 2.30. The minimum Gasteiger partial charge on any atom is -0.490 e. The fraction of sp³-hybridized carbons (Fsp3) is 0.310. The second-order valence-corrected chi connectivity index (χ2v) is 9.69. The molecule has 194 valence electrons. The van der Waals surface area contributed by atoms with Gasteiger partial charge in [-0.2, -0.15) is 0 Å². The van der Waals surface area contributed by atoms with Gasteiger partial charge in [0.15, 0.2) is 18.1 Å². The molecule has 1 N–H and O–H groups in total. The van der Waals surface area contributed by atoms with Crippen LogP contribution in [0.15, 0.2) is 66.7 Å². The maximum absolute atomic E-state index is 12.5. The average Bonchev–Trinajstić information content (AvgIpc) is 2.91. The highest BCUT2D eigenvalue weighted by Gasteiger charge is 2.21. The van der Waals surface area contributed by atoms with Gasteiger partial charge in [0.05, 0.1) is 6.61 Å². The van der Waals surface area contributed by atoms with E-state index in [2.05, 4.69) is 39.4 Å². The summed E-state index contributed by atoms with van der Waals surface area (Å²) in [7, 11) is 0. The van der Waals surface area contributed by atoms with Gasteiger partial charge >= 0.3 is 0 Å². The molecule has 0 atom stereocenters.